The van der Waals surface area contributed by atoms with E-state index in [1.165, 1.54) is 5.56 Å². The molecule has 0 spiro atoms. The monoisotopic (exact) mass is 427 g/mol. The number of anilines is 1. The number of aromatic nitrogens is 1. The van der Waals surface area contributed by atoms with Gasteiger partial charge in [-0.25, -0.2) is 4.98 Å². The SMILES string of the molecule is Cc1ccc2sc(N(CCCN(C)C)C(=O)C=Cc3ccccc3Cl)nc2c1C. The van der Waals surface area contributed by atoms with Gasteiger partial charge in [0.15, 0.2) is 5.13 Å². The van der Waals surface area contributed by atoms with Crippen LogP contribution in [0.5, 0.6) is 0 Å². The van der Waals surface area contributed by atoms with Crippen molar-refractivity contribution in [2.24, 2.45) is 0 Å². The molecule has 152 valence electrons. The zero-order valence-electron chi connectivity index (χ0n) is 17.3. The molecule has 0 bridgehead atoms. The lowest BCUT2D eigenvalue weighted by atomic mass is 10.1. The number of amides is 1. The van der Waals surface area contributed by atoms with Crippen LogP contribution in [0.1, 0.15) is 23.1 Å². The lowest BCUT2D eigenvalue weighted by molar-refractivity contribution is -0.114. The number of hydrogen-bond acceptors (Lipinski definition) is 4. The highest BCUT2D eigenvalue weighted by Gasteiger charge is 2.19. The van der Waals surface area contributed by atoms with Crippen LogP contribution in [0.15, 0.2) is 42.5 Å². The fourth-order valence-electron chi connectivity index (χ4n) is 3.04. The molecule has 0 N–H and O–H groups in total. The van der Waals surface area contributed by atoms with Gasteiger partial charge in [-0.05, 0) is 75.8 Å². The van der Waals surface area contributed by atoms with E-state index in [4.69, 9.17) is 16.6 Å². The Morgan fingerprint density at radius 2 is 1.90 bits per heavy atom. The molecular formula is C23H26ClN3OS. The maximum Gasteiger partial charge on any atom is 0.252 e. The first kappa shape index (κ1) is 21.5. The summed E-state index contributed by atoms with van der Waals surface area (Å²) in [5, 5.41) is 1.36. The van der Waals surface area contributed by atoms with Crippen molar-refractivity contribution in [2.75, 3.05) is 32.1 Å². The van der Waals surface area contributed by atoms with Crippen molar-refractivity contribution in [3.8, 4) is 0 Å². The number of thiazole rings is 1. The van der Waals surface area contributed by atoms with E-state index in [1.807, 2.05) is 38.4 Å². The molecule has 3 rings (SSSR count). The van der Waals surface area contributed by atoms with Gasteiger partial charge in [0.05, 0.1) is 10.2 Å². The Balaban J connectivity index is 1.90. The number of halogens is 1. The predicted molar refractivity (Wildman–Crippen MR) is 125 cm³/mol. The molecule has 6 heteroatoms. The minimum absolute atomic E-state index is 0.0860. The fraction of sp³-hybridized carbons (Fsp3) is 0.304. The number of fused-ring (bicyclic) bond motifs is 1. The van der Waals surface area contributed by atoms with Crippen molar-refractivity contribution in [3.63, 3.8) is 0 Å². The molecule has 29 heavy (non-hydrogen) atoms. The molecule has 4 nitrogen and oxygen atoms in total. The average Bonchev–Trinajstić information content (AvgIpc) is 3.12. The van der Waals surface area contributed by atoms with Crippen molar-refractivity contribution in [1.29, 1.82) is 0 Å². The summed E-state index contributed by atoms with van der Waals surface area (Å²) in [6.45, 7) is 5.68. The third kappa shape index (κ3) is 5.24. The van der Waals surface area contributed by atoms with Gasteiger partial charge in [-0.1, -0.05) is 47.2 Å². The van der Waals surface area contributed by atoms with Crippen LogP contribution < -0.4 is 4.90 Å². The molecule has 1 amide bonds. The summed E-state index contributed by atoms with van der Waals surface area (Å²) in [4.78, 5) is 21.8. The predicted octanol–water partition coefficient (Wildman–Crippen LogP) is 5.56. The zero-order chi connectivity index (χ0) is 21.0. The van der Waals surface area contributed by atoms with Crippen LogP contribution in [0.2, 0.25) is 5.02 Å². The van der Waals surface area contributed by atoms with Crippen LogP contribution in [0.25, 0.3) is 16.3 Å². The highest BCUT2D eigenvalue weighted by atomic mass is 35.5. The number of rotatable bonds is 7. The normalized spacial score (nSPS) is 11.7. The van der Waals surface area contributed by atoms with Crippen LogP contribution in [-0.4, -0.2) is 43.0 Å². The molecule has 3 aromatic rings. The summed E-state index contributed by atoms with van der Waals surface area (Å²) in [6, 6.07) is 11.7. The Bertz CT molecular complexity index is 1040. The standard InChI is InChI=1S/C23H26ClN3OS/c1-16-10-12-20-22(17(16)2)25-23(29-20)27(15-7-14-26(3)4)21(28)13-11-18-8-5-6-9-19(18)24/h5-6,8-13H,7,14-15H2,1-4H3. The Labute approximate surface area is 181 Å². The van der Waals surface area contributed by atoms with Gasteiger partial charge < -0.3 is 4.90 Å². The molecule has 1 heterocycles. The van der Waals surface area contributed by atoms with E-state index in [-0.39, 0.29) is 5.91 Å². The minimum atomic E-state index is -0.0860. The molecule has 0 aliphatic heterocycles. The lowest BCUT2D eigenvalue weighted by Gasteiger charge is -2.19. The topological polar surface area (TPSA) is 36.4 Å². The van der Waals surface area contributed by atoms with Crippen molar-refractivity contribution in [1.82, 2.24) is 9.88 Å². The van der Waals surface area contributed by atoms with E-state index in [9.17, 15) is 4.79 Å². The minimum Gasteiger partial charge on any atom is -0.309 e. The van der Waals surface area contributed by atoms with Crippen LogP contribution >= 0.6 is 22.9 Å². The summed E-state index contributed by atoms with van der Waals surface area (Å²) in [5.41, 5.74) is 4.17. The van der Waals surface area contributed by atoms with Gasteiger partial charge in [-0.15, -0.1) is 0 Å². The quantitative estimate of drug-likeness (QED) is 0.463. The van der Waals surface area contributed by atoms with Crippen molar-refractivity contribution < 1.29 is 4.79 Å². The summed E-state index contributed by atoms with van der Waals surface area (Å²) < 4.78 is 1.10. The number of benzene rings is 2. The second-order valence-corrected chi connectivity index (χ2v) is 8.77. The van der Waals surface area contributed by atoms with Gasteiger partial charge in [-0.3, -0.25) is 9.69 Å². The van der Waals surface area contributed by atoms with Crippen LogP contribution in [0.4, 0.5) is 5.13 Å². The molecular weight excluding hydrogens is 402 g/mol. The van der Waals surface area contributed by atoms with E-state index < -0.39 is 0 Å². The molecule has 0 radical (unpaired) electrons. The smallest absolute Gasteiger partial charge is 0.252 e. The number of nitrogens with zero attached hydrogens (tertiary/aromatic N) is 3. The average molecular weight is 428 g/mol. The molecule has 0 aliphatic carbocycles. The summed E-state index contributed by atoms with van der Waals surface area (Å²) in [5.74, 6) is -0.0860. The van der Waals surface area contributed by atoms with E-state index in [1.54, 1.807) is 28.4 Å². The van der Waals surface area contributed by atoms with Crippen LogP contribution in [0.3, 0.4) is 0 Å². The Kier molecular flexibility index (Phi) is 7.06. The Hall–Kier alpha value is -2.21. The molecule has 0 aliphatic rings. The number of aryl methyl sites for hydroxylation is 2. The van der Waals surface area contributed by atoms with Crippen LogP contribution in [-0.2, 0) is 4.79 Å². The molecule has 0 saturated heterocycles. The first-order chi connectivity index (χ1) is 13.9. The summed E-state index contributed by atoms with van der Waals surface area (Å²) in [7, 11) is 4.07. The molecule has 0 fully saturated rings. The first-order valence-electron chi connectivity index (χ1n) is 9.62. The van der Waals surface area contributed by atoms with E-state index in [2.05, 4.69) is 30.9 Å². The molecule has 0 saturated carbocycles. The van der Waals surface area contributed by atoms with Gasteiger partial charge in [0.2, 0.25) is 0 Å². The Morgan fingerprint density at radius 3 is 2.62 bits per heavy atom. The maximum atomic E-state index is 13.1. The highest BCUT2D eigenvalue weighted by molar-refractivity contribution is 7.22. The van der Waals surface area contributed by atoms with Crippen molar-refractivity contribution >= 4 is 50.3 Å². The third-order valence-corrected chi connectivity index (χ3v) is 6.26. The van der Waals surface area contributed by atoms with Crippen LogP contribution in [0, 0.1) is 13.8 Å². The molecule has 1 aromatic heterocycles. The van der Waals surface area contributed by atoms with Gasteiger partial charge >= 0.3 is 0 Å². The number of hydrogen-bond donors (Lipinski definition) is 0. The van der Waals surface area contributed by atoms with Gasteiger partial charge in [0.25, 0.3) is 5.91 Å². The van der Waals surface area contributed by atoms with Crippen molar-refractivity contribution in [2.45, 2.75) is 20.3 Å². The molecule has 2 aromatic carbocycles. The second kappa shape index (κ2) is 9.53. The van der Waals surface area contributed by atoms with Gasteiger partial charge in [0, 0.05) is 17.6 Å². The zero-order valence-corrected chi connectivity index (χ0v) is 18.8. The van der Waals surface area contributed by atoms with E-state index in [0.29, 0.717) is 11.6 Å². The maximum absolute atomic E-state index is 13.1. The number of carbonyl (C=O) groups excluding carboxylic acids is 1. The first-order valence-corrected chi connectivity index (χ1v) is 10.8. The van der Waals surface area contributed by atoms with E-state index in [0.717, 1.165) is 39.4 Å². The van der Waals surface area contributed by atoms with E-state index >= 15 is 0 Å². The lowest BCUT2D eigenvalue weighted by Crippen LogP contribution is -2.32. The number of carbonyl (C=O) groups is 1. The van der Waals surface area contributed by atoms with Gasteiger partial charge in [0.1, 0.15) is 0 Å². The highest BCUT2D eigenvalue weighted by Crippen LogP contribution is 2.32. The fourth-order valence-corrected chi connectivity index (χ4v) is 4.29. The Morgan fingerprint density at radius 1 is 1.14 bits per heavy atom. The van der Waals surface area contributed by atoms with Gasteiger partial charge in [-0.2, -0.15) is 0 Å². The van der Waals surface area contributed by atoms with Crippen molar-refractivity contribution in [3.05, 3.63) is 64.2 Å². The summed E-state index contributed by atoms with van der Waals surface area (Å²) >= 11 is 7.78. The molecule has 0 unspecified atom stereocenters. The molecule has 0 atom stereocenters. The largest absolute Gasteiger partial charge is 0.309 e. The summed E-state index contributed by atoms with van der Waals surface area (Å²) in [6.07, 6.45) is 4.22. The second-order valence-electron chi connectivity index (χ2n) is 7.35. The third-order valence-electron chi connectivity index (χ3n) is 4.87.